The molecule has 0 atom stereocenters. The fourth-order valence-corrected chi connectivity index (χ4v) is 3.25. The first-order chi connectivity index (χ1) is 14.1. The van der Waals surface area contributed by atoms with Crippen LogP contribution >= 0.6 is 0 Å². The summed E-state index contributed by atoms with van der Waals surface area (Å²) in [5.41, 5.74) is 5.28. The van der Waals surface area contributed by atoms with Gasteiger partial charge in [0.25, 0.3) is 0 Å². The zero-order valence-corrected chi connectivity index (χ0v) is 17.2. The Morgan fingerprint density at radius 1 is 0.759 bits per heavy atom. The van der Waals surface area contributed by atoms with Crippen molar-refractivity contribution in [2.24, 2.45) is 0 Å². The molecule has 29 heavy (non-hydrogen) atoms. The van der Waals surface area contributed by atoms with Gasteiger partial charge < -0.3 is 10.6 Å². The zero-order chi connectivity index (χ0) is 20.5. The highest BCUT2D eigenvalue weighted by atomic mass is 16.2. The van der Waals surface area contributed by atoms with Crippen LogP contribution in [0.2, 0.25) is 0 Å². The van der Waals surface area contributed by atoms with E-state index in [1.807, 2.05) is 49.4 Å². The van der Waals surface area contributed by atoms with E-state index in [2.05, 4.69) is 58.9 Å². The van der Waals surface area contributed by atoms with Gasteiger partial charge in [0.05, 0.1) is 0 Å². The van der Waals surface area contributed by atoms with Crippen LogP contribution in [0.4, 0.5) is 16.2 Å². The largest absolute Gasteiger partial charge is 0.323 e. The van der Waals surface area contributed by atoms with Gasteiger partial charge in [-0.15, -0.1) is 0 Å². The second-order valence-electron chi connectivity index (χ2n) is 7.34. The number of nitrogens with zero attached hydrogens (tertiary/aromatic N) is 1. The van der Waals surface area contributed by atoms with E-state index in [1.54, 1.807) is 0 Å². The summed E-state index contributed by atoms with van der Waals surface area (Å²) in [5, 5.41) is 5.74. The minimum Gasteiger partial charge on any atom is -0.308 e. The first-order valence-corrected chi connectivity index (χ1v) is 10.1. The first-order valence-electron chi connectivity index (χ1n) is 10.1. The summed E-state index contributed by atoms with van der Waals surface area (Å²) >= 11 is 0. The van der Waals surface area contributed by atoms with Gasteiger partial charge in [-0.3, -0.25) is 4.90 Å². The molecule has 0 saturated carbocycles. The Labute approximate surface area is 173 Å². The van der Waals surface area contributed by atoms with Crippen molar-refractivity contribution < 1.29 is 4.79 Å². The van der Waals surface area contributed by atoms with Crippen molar-refractivity contribution in [1.82, 2.24) is 4.90 Å². The van der Waals surface area contributed by atoms with Crippen molar-refractivity contribution in [1.29, 1.82) is 0 Å². The van der Waals surface area contributed by atoms with Gasteiger partial charge in [0.15, 0.2) is 0 Å². The highest BCUT2D eigenvalue weighted by Gasteiger charge is 2.07. The van der Waals surface area contributed by atoms with Crippen LogP contribution in [0.5, 0.6) is 0 Å². The van der Waals surface area contributed by atoms with E-state index in [0.29, 0.717) is 0 Å². The lowest BCUT2D eigenvalue weighted by atomic mass is 10.1. The number of hydrogen-bond acceptors (Lipinski definition) is 2. The monoisotopic (exact) mass is 387 g/mol. The molecule has 0 aromatic heterocycles. The summed E-state index contributed by atoms with van der Waals surface area (Å²) in [4.78, 5) is 14.6. The highest BCUT2D eigenvalue weighted by molar-refractivity contribution is 5.99. The van der Waals surface area contributed by atoms with Crippen LogP contribution in [0.15, 0.2) is 78.9 Å². The third-order valence-electron chi connectivity index (χ3n) is 4.72. The normalized spacial score (nSPS) is 10.7. The van der Waals surface area contributed by atoms with Gasteiger partial charge in [-0.1, -0.05) is 67.1 Å². The Bertz CT molecular complexity index is 890. The van der Waals surface area contributed by atoms with E-state index in [1.165, 1.54) is 11.1 Å². The number of benzene rings is 3. The van der Waals surface area contributed by atoms with Crippen molar-refractivity contribution >= 4 is 17.4 Å². The Morgan fingerprint density at radius 3 is 1.83 bits per heavy atom. The second-order valence-corrected chi connectivity index (χ2v) is 7.34. The lowest BCUT2D eigenvalue weighted by Gasteiger charge is -2.22. The first kappa shape index (κ1) is 20.6. The fourth-order valence-electron chi connectivity index (χ4n) is 3.25. The Morgan fingerprint density at radius 2 is 1.28 bits per heavy atom. The predicted octanol–water partition coefficient (Wildman–Crippen LogP) is 6.05. The standard InChI is InChI=1S/C25H29N3O/c1-3-17-28(18-21-7-5-4-6-8-21)19-22-11-15-24(16-12-22)27-25(29)26-23-13-9-20(2)10-14-23/h4-16H,3,17-19H2,1-2H3,(H2,26,27,29). The topological polar surface area (TPSA) is 44.4 Å². The molecule has 0 aliphatic rings. The molecule has 0 saturated heterocycles. The maximum Gasteiger partial charge on any atom is 0.323 e. The van der Waals surface area contributed by atoms with E-state index in [4.69, 9.17) is 0 Å². The summed E-state index contributed by atoms with van der Waals surface area (Å²) < 4.78 is 0. The van der Waals surface area contributed by atoms with Gasteiger partial charge in [-0.05, 0) is 55.3 Å². The van der Waals surface area contributed by atoms with Crippen molar-refractivity contribution in [2.45, 2.75) is 33.4 Å². The summed E-state index contributed by atoms with van der Waals surface area (Å²) in [6, 6.07) is 26.1. The summed E-state index contributed by atoms with van der Waals surface area (Å²) in [6.07, 6.45) is 1.12. The van der Waals surface area contributed by atoms with Gasteiger partial charge >= 0.3 is 6.03 Å². The van der Waals surface area contributed by atoms with E-state index in [0.717, 1.165) is 43.0 Å². The molecule has 3 aromatic rings. The minimum absolute atomic E-state index is 0.238. The third-order valence-corrected chi connectivity index (χ3v) is 4.72. The number of nitrogens with one attached hydrogen (secondary N) is 2. The van der Waals surface area contributed by atoms with Crippen LogP contribution in [0, 0.1) is 6.92 Å². The van der Waals surface area contributed by atoms with E-state index < -0.39 is 0 Å². The van der Waals surface area contributed by atoms with Crippen molar-refractivity contribution in [3.63, 3.8) is 0 Å². The second kappa shape index (κ2) is 10.4. The van der Waals surface area contributed by atoms with Crippen LogP contribution < -0.4 is 10.6 Å². The average molecular weight is 388 g/mol. The molecular weight excluding hydrogens is 358 g/mol. The third kappa shape index (κ3) is 6.77. The molecule has 0 unspecified atom stereocenters. The van der Waals surface area contributed by atoms with Crippen LogP contribution in [-0.4, -0.2) is 17.5 Å². The molecule has 0 spiro atoms. The van der Waals surface area contributed by atoms with E-state index in [9.17, 15) is 4.79 Å². The lowest BCUT2D eigenvalue weighted by molar-refractivity contribution is 0.257. The maximum atomic E-state index is 12.2. The SMILES string of the molecule is CCCN(Cc1ccccc1)Cc1ccc(NC(=O)Nc2ccc(C)cc2)cc1. The van der Waals surface area contributed by atoms with Crippen LogP contribution in [-0.2, 0) is 13.1 Å². The highest BCUT2D eigenvalue weighted by Crippen LogP contribution is 2.15. The fraction of sp³-hybridized carbons (Fsp3) is 0.240. The smallest absolute Gasteiger partial charge is 0.308 e. The van der Waals surface area contributed by atoms with Gasteiger partial charge in [0.2, 0.25) is 0 Å². The van der Waals surface area contributed by atoms with Crippen molar-refractivity contribution in [3.8, 4) is 0 Å². The molecule has 4 heteroatoms. The number of urea groups is 1. The molecule has 4 nitrogen and oxygen atoms in total. The van der Waals surface area contributed by atoms with Crippen molar-refractivity contribution in [3.05, 3.63) is 95.6 Å². The zero-order valence-electron chi connectivity index (χ0n) is 17.2. The maximum absolute atomic E-state index is 12.2. The molecule has 0 aliphatic carbocycles. The summed E-state index contributed by atoms with van der Waals surface area (Å²) in [6.45, 7) is 7.10. The summed E-state index contributed by atoms with van der Waals surface area (Å²) in [5.74, 6) is 0. The number of aryl methyl sites for hydroxylation is 1. The number of rotatable bonds is 8. The lowest BCUT2D eigenvalue weighted by Crippen LogP contribution is -2.23. The van der Waals surface area contributed by atoms with Gasteiger partial charge in [0, 0.05) is 24.5 Å². The summed E-state index contributed by atoms with van der Waals surface area (Å²) in [7, 11) is 0. The van der Waals surface area contributed by atoms with Gasteiger partial charge in [-0.25, -0.2) is 4.79 Å². The molecule has 3 rings (SSSR count). The van der Waals surface area contributed by atoms with Crippen LogP contribution in [0.3, 0.4) is 0 Å². The molecular formula is C25H29N3O. The van der Waals surface area contributed by atoms with Crippen molar-refractivity contribution in [2.75, 3.05) is 17.2 Å². The number of carbonyl (C=O) groups excluding carboxylic acids is 1. The predicted molar refractivity (Wildman–Crippen MR) is 121 cm³/mol. The minimum atomic E-state index is -0.238. The molecule has 0 radical (unpaired) electrons. The number of hydrogen-bond donors (Lipinski definition) is 2. The van der Waals surface area contributed by atoms with E-state index >= 15 is 0 Å². The Balaban J connectivity index is 1.55. The van der Waals surface area contributed by atoms with Crippen LogP contribution in [0.1, 0.15) is 30.0 Å². The molecule has 0 aliphatic heterocycles. The number of carbonyl (C=O) groups is 1. The Kier molecular flexibility index (Phi) is 7.42. The average Bonchev–Trinajstić information content (AvgIpc) is 2.72. The van der Waals surface area contributed by atoms with Gasteiger partial charge in [-0.2, -0.15) is 0 Å². The molecule has 0 bridgehead atoms. The van der Waals surface area contributed by atoms with E-state index in [-0.39, 0.29) is 6.03 Å². The molecule has 3 aromatic carbocycles. The number of amides is 2. The van der Waals surface area contributed by atoms with Gasteiger partial charge in [0.1, 0.15) is 0 Å². The molecule has 150 valence electrons. The quantitative estimate of drug-likeness (QED) is 0.494. The molecule has 0 fully saturated rings. The molecule has 2 N–H and O–H groups in total. The number of anilines is 2. The van der Waals surface area contributed by atoms with Crippen LogP contribution in [0.25, 0.3) is 0 Å². The Hall–Kier alpha value is -3.11. The molecule has 0 heterocycles. The molecule has 2 amide bonds.